The van der Waals surface area contributed by atoms with Crippen molar-refractivity contribution in [3.8, 4) is 11.5 Å². The van der Waals surface area contributed by atoms with Crippen molar-refractivity contribution >= 4 is 17.7 Å². The van der Waals surface area contributed by atoms with Gasteiger partial charge in [0.05, 0.1) is 12.7 Å². The average Bonchev–Trinajstić information content (AvgIpc) is 2.47. The number of carbonyl (C=O) groups is 1. The third kappa shape index (κ3) is 2.20. The SMILES string of the molecule is COc1ccc(C2NC(=O)c3ccccc3S2)cc1O. The van der Waals surface area contributed by atoms with Crippen LogP contribution in [0, 0.1) is 0 Å². The number of aromatic hydroxyl groups is 1. The van der Waals surface area contributed by atoms with Gasteiger partial charge in [0.15, 0.2) is 11.5 Å². The minimum absolute atomic E-state index is 0.0682. The van der Waals surface area contributed by atoms with Crippen molar-refractivity contribution in [1.29, 1.82) is 0 Å². The zero-order valence-corrected chi connectivity index (χ0v) is 11.6. The second kappa shape index (κ2) is 5.09. The van der Waals surface area contributed by atoms with E-state index in [1.165, 1.54) is 7.11 Å². The molecule has 2 aromatic rings. The largest absolute Gasteiger partial charge is 0.504 e. The molecule has 0 aromatic heterocycles. The summed E-state index contributed by atoms with van der Waals surface area (Å²) in [4.78, 5) is 13.0. The predicted molar refractivity (Wildman–Crippen MR) is 77.2 cm³/mol. The Morgan fingerprint density at radius 2 is 2.05 bits per heavy atom. The number of phenolic OH excluding ortho intramolecular Hbond substituents is 1. The summed E-state index contributed by atoms with van der Waals surface area (Å²) in [5.41, 5.74) is 1.52. The second-order valence-electron chi connectivity index (χ2n) is 4.40. The summed E-state index contributed by atoms with van der Waals surface area (Å²) in [5, 5.41) is 12.5. The predicted octanol–water partition coefficient (Wildman–Crippen LogP) is 2.94. The van der Waals surface area contributed by atoms with Crippen LogP contribution in [0.1, 0.15) is 21.3 Å². The molecule has 1 unspecified atom stereocenters. The van der Waals surface area contributed by atoms with Crippen LogP contribution in [0.15, 0.2) is 47.4 Å². The van der Waals surface area contributed by atoms with E-state index in [1.807, 2.05) is 24.3 Å². The number of phenols is 1. The smallest absolute Gasteiger partial charge is 0.253 e. The fraction of sp³-hybridized carbons (Fsp3) is 0.133. The first kappa shape index (κ1) is 12.9. The summed E-state index contributed by atoms with van der Waals surface area (Å²) in [6.45, 7) is 0. The number of nitrogens with one attached hydrogen (secondary N) is 1. The van der Waals surface area contributed by atoms with Crippen LogP contribution in [0.4, 0.5) is 0 Å². The molecule has 1 atom stereocenters. The zero-order valence-electron chi connectivity index (χ0n) is 10.8. The number of benzene rings is 2. The summed E-state index contributed by atoms with van der Waals surface area (Å²) < 4.78 is 5.02. The Morgan fingerprint density at radius 3 is 2.80 bits per heavy atom. The Morgan fingerprint density at radius 1 is 1.25 bits per heavy atom. The van der Waals surface area contributed by atoms with Gasteiger partial charge in [-0.3, -0.25) is 4.79 Å². The van der Waals surface area contributed by atoms with Gasteiger partial charge < -0.3 is 15.2 Å². The van der Waals surface area contributed by atoms with Gasteiger partial charge >= 0.3 is 0 Å². The van der Waals surface area contributed by atoms with Crippen molar-refractivity contribution in [1.82, 2.24) is 5.32 Å². The van der Waals surface area contributed by atoms with Gasteiger partial charge in [-0.05, 0) is 29.8 Å². The van der Waals surface area contributed by atoms with Crippen molar-refractivity contribution in [3.05, 3.63) is 53.6 Å². The maximum atomic E-state index is 12.1. The van der Waals surface area contributed by atoms with Crippen molar-refractivity contribution < 1.29 is 14.6 Å². The highest BCUT2D eigenvalue weighted by atomic mass is 32.2. The molecule has 0 spiro atoms. The Kier molecular flexibility index (Phi) is 3.28. The first-order valence-corrected chi connectivity index (χ1v) is 7.00. The van der Waals surface area contributed by atoms with Gasteiger partial charge in [-0.1, -0.05) is 30.0 Å². The molecule has 20 heavy (non-hydrogen) atoms. The standard InChI is InChI=1S/C15H13NO3S/c1-19-12-7-6-9(8-11(12)17)15-16-14(18)10-4-2-3-5-13(10)20-15/h2-8,15,17H,1H3,(H,16,18). The van der Waals surface area contributed by atoms with Crippen LogP contribution in [-0.4, -0.2) is 18.1 Å². The van der Waals surface area contributed by atoms with Gasteiger partial charge in [-0.2, -0.15) is 0 Å². The number of hydrogen-bond donors (Lipinski definition) is 2. The lowest BCUT2D eigenvalue weighted by Crippen LogP contribution is -2.30. The summed E-state index contributed by atoms with van der Waals surface area (Å²) >= 11 is 1.55. The minimum atomic E-state index is -0.214. The third-order valence-corrected chi connectivity index (χ3v) is 4.38. The van der Waals surface area contributed by atoms with E-state index in [0.29, 0.717) is 11.3 Å². The van der Waals surface area contributed by atoms with Gasteiger partial charge in [0, 0.05) is 4.90 Å². The van der Waals surface area contributed by atoms with Crippen LogP contribution in [0.25, 0.3) is 0 Å². The molecule has 3 rings (SSSR count). The van der Waals surface area contributed by atoms with E-state index in [-0.39, 0.29) is 17.0 Å². The van der Waals surface area contributed by atoms with E-state index in [9.17, 15) is 9.90 Å². The molecule has 1 amide bonds. The first-order valence-electron chi connectivity index (χ1n) is 6.12. The van der Waals surface area contributed by atoms with Crippen LogP contribution in [0.3, 0.4) is 0 Å². The van der Waals surface area contributed by atoms with Gasteiger partial charge in [0.2, 0.25) is 0 Å². The Hall–Kier alpha value is -2.14. The number of hydrogen-bond acceptors (Lipinski definition) is 4. The molecule has 1 aliphatic rings. The number of methoxy groups -OCH3 is 1. The monoisotopic (exact) mass is 287 g/mol. The number of fused-ring (bicyclic) bond motifs is 1. The highest BCUT2D eigenvalue weighted by molar-refractivity contribution is 7.99. The summed E-state index contributed by atoms with van der Waals surface area (Å²) in [5.74, 6) is 0.389. The van der Waals surface area contributed by atoms with E-state index >= 15 is 0 Å². The quantitative estimate of drug-likeness (QED) is 0.891. The van der Waals surface area contributed by atoms with Gasteiger partial charge in [-0.25, -0.2) is 0 Å². The molecule has 0 aliphatic carbocycles. The second-order valence-corrected chi connectivity index (χ2v) is 5.55. The Labute approximate surface area is 120 Å². The number of thioether (sulfide) groups is 1. The molecule has 0 saturated carbocycles. The highest BCUT2D eigenvalue weighted by Gasteiger charge is 2.26. The molecule has 1 aliphatic heterocycles. The van der Waals surface area contributed by atoms with Crippen molar-refractivity contribution in [2.24, 2.45) is 0 Å². The van der Waals surface area contributed by atoms with Gasteiger partial charge in [0.25, 0.3) is 5.91 Å². The topological polar surface area (TPSA) is 58.6 Å². The summed E-state index contributed by atoms with van der Waals surface area (Å²) in [7, 11) is 1.50. The van der Waals surface area contributed by atoms with E-state index in [0.717, 1.165) is 10.5 Å². The van der Waals surface area contributed by atoms with Crippen molar-refractivity contribution in [3.63, 3.8) is 0 Å². The lowest BCUT2D eigenvalue weighted by atomic mass is 10.1. The van der Waals surface area contributed by atoms with Gasteiger partial charge in [-0.15, -0.1) is 0 Å². The molecule has 2 aromatic carbocycles. The Bertz CT molecular complexity index is 672. The molecule has 0 bridgehead atoms. The van der Waals surface area contributed by atoms with Crippen LogP contribution >= 0.6 is 11.8 Å². The Balaban J connectivity index is 1.94. The first-order chi connectivity index (χ1) is 9.69. The minimum Gasteiger partial charge on any atom is -0.504 e. The maximum absolute atomic E-state index is 12.1. The van der Waals surface area contributed by atoms with Crippen LogP contribution in [0.2, 0.25) is 0 Å². The molecular formula is C15H13NO3S. The van der Waals surface area contributed by atoms with Crippen LogP contribution in [-0.2, 0) is 0 Å². The van der Waals surface area contributed by atoms with E-state index in [1.54, 1.807) is 30.0 Å². The number of carbonyl (C=O) groups excluding carboxylic acids is 1. The van der Waals surface area contributed by atoms with Gasteiger partial charge in [0.1, 0.15) is 5.37 Å². The fourth-order valence-corrected chi connectivity index (χ4v) is 3.28. The summed E-state index contributed by atoms with van der Waals surface area (Å²) in [6.07, 6.45) is 0. The highest BCUT2D eigenvalue weighted by Crippen LogP contribution is 2.40. The lowest BCUT2D eigenvalue weighted by molar-refractivity contribution is 0.0943. The van der Waals surface area contributed by atoms with Crippen LogP contribution in [0.5, 0.6) is 11.5 Å². The van der Waals surface area contributed by atoms with Crippen molar-refractivity contribution in [2.75, 3.05) is 7.11 Å². The van der Waals surface area contributed by atoms with E-state index in [2.05, 4.69) is 5.32 Å². The average molecular weight is 287 g/mol. The third-order valence-electron chi connectivity index (χ3n) is 3.14. The number of rotatable bonds is 2. The molecule has 0 fully saturated rings. The van der Waals surface area contributed by atoms with E-state index < -0.39 is 0 Å². The molecule has 0 radical (unpaired) electrons. The molecule has 2 N–H and O–H groups in total. The normalized spacial score (nSPS) is 17.2. The molecule has 4 nitrogen and oxygen atoms in total. The number of ether oxygens (including phenoxy) is 1. The van der Waals surface area contributed by atoms with Crippen molar-refractivity contribution in [2.45, 2.75) is 10.3 Å². The summed E-state index contributed by atoms with van der Waals surface area (Å²) in [6, 6.07) is 12.6. The van der Waals surface area contributed by atoms with Crippen LogP contribution < -0.4 is 10.1 Å². The molecule has 1 heterocycles. The molecule has 0 saturated heterocycles. The molecular weight excluding hydrogens is 274 g/mol. The lowest BCUT2D eigenvalue weighted by Gasteiger charge is -2.25. The molecule has 5 heteroatoms. The maximum Gasteiger partial charge on any atom is 0.253 e. The molecule has 102 valence electrons. The zero-order chi connectivity index (χ0) is 14.1. The van der Waals surface area contributed by atoms with E-state index in [4.69, 9.17) is 4.74 Å². The fourth-order valence-electron chi connectivity index (χ4n) is 2.13. The number of amides is 1.